The first-order valence-electron chi connectivity index (χ1n) is 9.11. The molecule has 0 unspecified atom stereocenters. The SMILES string of the molecule is C1=CCCC(C2=NCCNc3ccc(-c4ccc5[nH]ncc5c4)cc32)=C1. The van der Waals surface area contributed by atoms with Gasteiger partial charge in [-0.25, -0.2) is 0 Å². The maximum absolute atomic E-state index is 4.90. The average Bonchev–Trinajstić information content (AvgIpc) is 3.06. The van der Waals surface area contributed by atoms with Crippen molar-refractivity contribution in [1.82, 2.24) is 10.2 Å². The highest BCUT2D eigenvalue weighted by atomic mass is 15.1. The number of rotatable bonds is 2. The van der Waals surface area contributed by atoms with Gasteiger partial charge in [0.2, 0.25) is 0 Å². The summed E-state index contributed by atoms with van der Waals surface area (Å²) < 4.78 is 0. The van der Waals surface area contributed by atoms with E-state index < -0.39 is 0 Å². The van der Waals surface area contributed by atoms with Crippen molar-refractivity contribution in [2.75, 3.05) is 18.4 Å². The Morgan fingerprint density at radius 2 is 1.92 bits per heavy atom. The standard InChI is InChI=1S/C22H20N4/c1-2-4-15(5-3-1)22-19-13-17(7-9-21(19)23-10-11-24-22)16-6-8-20-18(12-16)14-25-26-20/h1-2,4,6-9,12-14,23H,3,5,10-11H2,(H,25,26). The molecule has 2 aliphatic rings. The van der Waals surface area contributed by atoms with Crippen LogP contribution in [0, 0.1) is 0 Å². The van der Waals surface area contributed by atoms with Gasteiger partial charge >= 0.3 is 0 Å². The van der Waals surface area contributed by atoms with Crippen molar-refractivity contribution in [3.8, 4) is 11.1 Å². The predicted molar refractivity (Wildman–Crippen MR) is 108 cm³/mol. The molecular formula is C22H20N4. The van der Waals surface area contributed by atoms with Crippen LogP contribution in [0.5, 0.6) is 0 Å². The van der Waals surface area contributed by atoms with Crippen molar-refractivity contribution in [1.29, 1.82) is 0 Å². The van der Waals surface area contributed by atoms with Crippen LogP contribution < -0.4 is 5.32 Å². The number of hydrogen-bond donors (Lipinski definition) is 2. The zero-order chi connectivity index (χ0) is 17.3. The molecule has 3 aromatic rings. The predicted octanol–water partition coefficient (Wildman–Crippen LogP) is 4.72. The summed E-state index contributed by atoms with van der Waals surface area (Å²) in [6, 6.07) is 13.1. The quantitative estimate of drug-likeness (QED) is 0.709. The molecule has 0 fully saturated rings. The molecule has 0 saturated carbocycles. The van der Waals surface area contributed by atoms with Crippen LogP contribution in [0.3, 0.4) is 0 Å². The number of aromatic amines is 1. The van der Waals surface area contributed by atoms with Crippen LogP contribution in [0.25, 0.3) is 22.0 Å². The Kier molecular flexibility index (Phi) is 3.67. The van der Waals surface area contributed by atoms with Crippen molar-refractivity contribution >= 4 is 22.3 Å². The number of benzene rings is 2. The molecule has 4 nitrogen and oxygen atoms in total. The number of hydrogen-bond acceptors (Lipinski definition) is 3. The average molecular weight is 340 g/mol. The highest BCUT2D eigenvalue weighted by molar-refractivity contribution is 6.16. The van der Waals surface area contributed by atoms with Gasteiger partial charge in [-0.05, 0) is 53.8 Å². The van der Waals surface area contributed by atoms with Gasteiger partial charge in [0.05, 0.1) is 24.0 Å². The Bertz CT molecular complexity index is 1070. The lowest BCUT2D eigenvalue weighted by Crippen LogP contribution is -2.08. The fourth-order valence-electron chi connectivity index (χ4n) is 3.71. The molecular weight excluding hydrogens is 320 g/mol. The second kappa shape index (κ2) is 6.30. The van der Waals surface area contributed by atoms with Crippen LogP contribution >= 0.6 is 0 Å². The Morgan fingerprint density at radius 1 is 1.00 bits per heavy atom. The van der Waals surface area contributed by atoms with Gasteiger partial charge in [0.15, 0.2) is 0 Å². The van der Waals surface area contributed by atoms with E-state index in [4.69, 9.17) is 4.99 Å². The Balaban J connectivity index is 1.63. The number of benzodiazepines with no additional fused rings is 1. The van der Waals surface area contributed by atoms with Crippen molar-refractivity contribution in [3.05, 3.63) is 72.0 Å². The van der Waals surface area contributed by atoms with E-state index in [1.54, 1.807) is 0 Å². The summed E-state index contributed by atoms with van der Waals surface area (Å²) in [5.41, 5.74) is 8.31. The second-order valence-corrected chi connectivity index (χ2v) is 6.75. The molecule has 0 atom stereocenters. The monoisotopic (exact) mass is 340 g/mol. The minimum Gasteiger partial charge on any atom is -0.383 e. The number of aromatic nitrogens is 2. The number of aliphatic imine (C=N–C) groups is 1. The maximum atomic E-state index is 4.90. The van der Waals surface area contributed by atoms with Gasteiger partial charge in [-0.15, -0.1) is 0 Å². The highest BCUT2D eigenvalue weighted by Crippen LogP contribution is 2.31. The largest absolute Gasteiger partial charge is 0.383 e. The normalized spacial score (nSPS) is 16.5. The van der Waals surface area contributed by atoms with Crippen molar-refractivity contribution in [2.45, 2.75) is 12.8 Å². The van der Waals surface area contributed by atoms with Gasteiger partial charge in [0.25, 0.3) is 0 Å². The minimum atomic E-state index is 0.807. The summed E-state index contributed by atoms with van der Waals surface area (Å²) in [4.78, 5) is 4.90. The molecule has 0 radical (unpaired) electrons. The van der Waals surface area contributed by atoms with Gasteiger partial charge in [-0.3, -0.25) is 10.1 Å². The molecule has 0 bridgehead atoms. The minimum absolute atomic E-state index is 0.807. The van der Waals surface area contributed by atoms with Gasteiger partial charge in [0, 0.05) is 23.2 Å². The number of allylic oxidation sites excluding steroid dienone is 4. The van der Waals surface area contributed by atoms with E-state index in [0.29, 0.717) is 0 Å². The lowest BCUT2D eigenvalue weighted by Gasteiger charge is -2.16. The van der Waals surface area contributed by atoms with E-state index in [2.05, 4.69) is 70.1 Å². The van der Waals surface area contributed by atoms with E-state index in [9.17, 15) is 0 Å². The van der Waals surface area contributed by atoms with E-state index >= 15 is 0 Å². The second-order valence-electron chi connectivity index (χ2n) is 6.75. The number of anilines is 1. The van der Waals surface area contributed by atoms with E-state index in [1.165, 1.54) is 28.0 Å². The summed E-state index contributed by atoms with van der Waals surface area (Å²) in [6.07, 6.45) is 10.6. The van der Waals surface area contributed by atoms with Crippen LogP contribution in [-0.2, 0) is 0 Å². The van der Waals surface area contributed by atoms with Crippen molar-refractivity contribution in [2.24, 2.45) is 4.99 Å². The molecule has 5 rings (SSSR count). The molecule has 0 saturated heterocycles. The molecule has 1 aliphatic heterocycles. The third-order valence-electron chi connectivity index (χ3n) is 5.06. The lowest BCUT2D eigenvalue weighted by molar-refractivity contribution is 0.990. The molecule has 128 valence electrons. The number of nitrogens with zero attached hydrogens (tertiary/aromatic N) is 2. The summed E-state index contributed by atoms with van der Waals surface area (Å²) >= 11 is 0. The third-order valence-corrected chi connectivity index (χ3v) is 5.06. The topological polar surface area (TPSA) is 53.1 Å². The number of fused-ring (bicyclic) bond motifs is 2. The lowest BCUT2D eigenvalue weighted by atomic mass is 9.92. The first kappa shape index (κ1) is 15.1. The highest BCUT2D eigenvalue weighted by Gasteiger charge is 2.18. The first-order valence-corrected chi connectivity index (χ1v) is 9.11. The Hall–Kier alpha value is -3.14. The van der Waals surface area contributed by atoms with Gasteiger partial charge < -0.3 is 5.32 Å². The smallest absolute Gasteiger partial charge is 0.0700 e. The van der Waals surface area contributed by atoms with Crippen LogP contribution in [0.15, 0.2) is 71.4 Å². The van der Waals surface area contributed by atoms with E-state index in [1.807, 2.05) is 6.20 Å². The number of H-pyrrole nitrogens is 1. The number of nitrogens with one attached hydrogen (secondary N) is 2. The summed E-state index contributed by atoms with van der Waals surface area (Å²) in [6.45, 7) is 1.68. The van der Waals surface area contributed by atoms with Crippen LogP contribution in [0.4, 0.5) is 5.69 Å². The Morgan fingerprint density at radius 3 is 2.85 bits per heavy atom. The van der Waals surface area contributed by atoms with Gasteiger partial charge in [-0.1, -0.05) is 30.4 Å². The van der Waals surface area contributed by atoms with E-state index in [-0.39, 0.29) is 0 Å². The van der Waals surface area contributed by atoms with Gasteiger partial charge in [0.1, 0.15) is 0 Å². The van der Waals surface area contributed by atoms with Gasteiger partial charge in [-0.2, -0.15) is 5.10 Å². The summed E-state index contributed by atoms with van der Waals surface area (Å²) in [7, 11) is 0. The fraction of sp³-hybridized carbons (Fsp3) is 0.182. The molecule has 1 aliphatic carbocycles. The van der Waals surface area contributed by atoms with E-state index in [0.717, 1.165) is 42.5 Å². The first-order chi connectivity index (χ1) is 12.9. The summed E-state index contributed by atoms with van der Waals surface area (Å²) in [5.74, 6) is 0. The van der Waals surface area contributed by atoms with Crippen LogP contribution in [-0.4, -0.2) is 29.0 Å². The maximum Gasteiger partial charge on any atom is 0.0700 e. The fourth-order valence-corrected chi connectivity index (χ4v) is 3.71. The zero-order valence-electron chi connectivity index (χ0n) is 14.5. The molecule has 4 heteroatoms. The summed E-state index contributed by atoms with van der Waals surface area (Å²) in [5, 5.41) is 11.8. The molecule has 0 amide bonds. The molecule has 2 N–H and O–H groups in total. The molecule has 0 spiro atoms. The molecule has 2 aromatic carbocycles. The molecule has 2 heterocycles. The Labute approximate surface area is 152 Å². The molecule has 26 heavy (non-hydrogen) atoms. The molecule has 1 aromatic heterocycles. The zero-order valence-corrected chi connectivity index (χ0v) is 14.5. The van der Waals surface area contributed by atoms with Crippen molar-refractivity contribution in [3.63, 3.8) is 0 Å². The third kappa shape index (κ3) is 2.64. The van der Waals surface area contributed by atoms with Crippen LogP contribution in [0.1, 0.15) is 18.4 Å². The van der Waals surface area contributed by atoms with Crippen molar-refractivity contribution < 1.29 is 0 Å². The van der Waals surface area contributed by atoms with Crippen LogP contribution in [0.2, 0.25) is 0 Å².